The molecular weight excluding hydrogens is 214 g/mol. The van der Waals surface area contributed by atoms with Gasteiger partial charge in [0, 0.05) is 13.0 Å². The van der Waals surface area contributed by atoms with E-state index in [-0.39, 0.29) is 0 Å². The van der Waals surface area contributed by atoms with E-state index in [1.54, 1.807) is 0 Å². The maximum atomic E-state index is 8.42. The minimum atomic E-state index is 0.300. The summed E-state index contributed by atoms with van der Waals surface area (Å²) in [5.74, 6) is 0.300. The third kappa shape index (κ3) is 4.87. The van der Waals surface area contributed by atoms with Gasteiger partial charge in [0.15, 0.2) is 0 Å². The average Bonchev–Trinajstić information content (AvgIpc) is 2.32. The van der Waals surface area contributed by atoms with Crippen LogP contribution in [0, 0.1) is 6.92 Å². The molecule has 4 nitrogen and oxygen atoms in total. The summed E-state index contributed by atoms with van der Waals surface area (Å²) in [6.07, 6.45) is 1.53. The highest BCUT2D eigenvalue weighted by Gasteiger charge is 2.03. The standard InChI is InChI=1S/C13H21N3O/c1-11-6-3-4-7-12(11)10-16(2)9-5-8-13(14)15-17/h3-4,6-7,17H,5,8-10H2,1-2H3,(H2,14,15). The van der Waals surface area contributed by atoms with E-state index in [9.17, 15) is 0 Å². The molecule has 0 saturated heterocycles. The van der Waals surface area contributed by atoms with Crippen LogP contribution in [0.15, 0.2) is 29.4 Å². The number of benzene rings is 1. The maximum Gasteiger partial charge on any atom is 0.139 e. The quantitative estimate of drug-likeness (QED) is 0.343. The lowest BCUT2D eigenvalue weighted by molar-refractivity contribution is 0.310. The van der Waals surface area contributed by atoms with Gasteiger partial charge in [0.05, 0.1) is 0 Å². The second-order valence-electron chi connectivity index (χ2n) is 4.36. The molecule has 0 bridgehead atoms. The van der Waals surface area contributed by atoms with Crippen LogP contribution in [0.1, 0.15) is 24.0 Å². The van der Waals surface area contributed by atoms with Crippen molar-refractivity contribution in [3.05, 3.63) is 35.4 Å². The van der Waals surface area contributed by atoms with E-state index < -0.39 is 0 Å². The minimum absolute atomic E-state index is 0.300. The summed E-state index contributed by atoms with van der Waals surface area (Å²) in [5.41, 5.74) is 8.08. The van der Waals surface area contributed by atoms with Crippen LogP contribution in [0.3, 0.4) is 0 Å². The number of rotatable bonds is 6. The van der Waals surface area contributed by atoms with Crippen LogP contribution >= 0.6 is 0 Å². The van der Waals surface area contributed by atoms with E-state index in [0.29, 0.717) is 12.3 Å². The van der Waals surface area contributed by atoms with Crippen LogP contribution in [0.5, 0.6) is 0 Å². The SMILES string of the molecule is Cc1ccccc1CN(C)CCCC(N)=NO. The normalized spacial score (nSPS) is 12.1. The first kappa shape index (κ1) is 13.5. The molecule has 0 aliphatic rings. The molecule has 0 spiro atoms. The zero-order valence-corrected chi connectivity index (χ0v) is 10.6. The van der Waals surface area contributed by atoms with Crippen LogP contribution < -0.4 is 5.73 Å². The van der Waals surface area contributed by atoms with Gasteiger partial charge in [0.1, 0.15) is 5.84 Å². The zero-order valence-electron chi connectivity index (χ0n) is 10.6. The van der Waals surface area contributed by atoms with Gasteiger partial charge in [-0.3, -0.25) is 0 Å². The van der Waals surface area contributed by atoms with E-state index in [2.05, 4.69) is 48.3 Å². The Balaban J connectivity index is 2.35. The summed E-state index contributed by atoms with van der Waals surface area (Å²) < 4.78 is 0. The molecule has 0 heterocycles. The predicted molar refractivity (Wildman–Crippen MR) is 70.2 cm³/mol. The fourth-order valence-corrected chi connectivity index (χ4v) is 1.74. The molecule has 0 fully saturated rings. The molecule has 1 aromatic rings. The summed E-state index contributed by atoms with van der Waals surface area (Å²) in [5, 5.41) is 11.4. The van der Waals surface area contributed by atoms with E-state index in [4.69, 9.17) is 10.9 Å². The Labute approximate surface area is 103 Å². The number of oxime groups is 1. The topological polar surface area (TPSA) is 61.8 Å². The summed E-state index contributed by atoms with van der Waals surface area (Å²) in [6.45, 7) is 3.99. The summed E-state index contributed by atoms with van der Waals surface area (Å²) in [4.78, 5) is 2.24. The van der Waals surface area contributed by atoms with Crippen molar-refractivity contribution in [2.75, 3.05) is 13.6 Å². The highest BCUT2D eigenvalue weighted by molar-refractivity contribution is 5.79. The maximum absolute atomic E-state index is 8.42. The van der Waals surface area contributed by atoms with Gasteiger partial charge >= 0.3 is 0 Å². The number of aryl methyl sites for hydroxylation is 1. The summed E-state index contributed by atoms with van der Waals surface area (Å²) in [7, 11) is 2.08. The molecule has 0 unspecified atom stereocenters. The monoisotopic (exact) mass is 235 g/mol. The lowest BCUT2D eigenvalue weighted by atomic mass is 10.1. The molecule has 0 aliphatic carbocycles. The van der Waals surface area contributed by atoms with Crippen molar-refractivity contribution in [1.82, 2.24) is 4.90 Å². The number of nitrogens with two attached hydrogens (primary N) is 1. The van der Waals surface area contributed by atoms with Crippen molar-refractivity contribution >= 4 is 5.84 Å². The van der Waals surface area contributed by atoms with Crippen molar-refractivity contribution in [3.63, 3.8) is 0 Å². The lowest BCUT2D eigenvalue weighted by Gasteiger charge is -2.17. The van der Waals surface area contributed by atoms with Crippen LogP contribution in [0.25, 0.3) is 0 Å². The lowest BCUT2D eigenvalue weighted by Crippen LogP contribution is -2.21. The van der Waals surface area contributed by atoms with Crippen molar-refractivity contribution in [3.8, 4) is 0 Å². The smallest absolute Gasteiger partial charge is 0.139 e. The summed E-state index contributed by atoms with van der Waals surface area (Å²) >= 11 is 0. The first-order valence-corrected chi connectivity index (χ1v) is 5.83. The number of hydrogen-bond acceptors (Lipinski definition) is 3. The molecule has 3 N–H and O–H groups in total. The van der Waals surface area contributed by atoms with Gasteiger partial charge in [-0.1, -0.05) is 29.4 Å². The Morgan fingerprint density at radius 3 is 2.76 bits per heavy atom. The first-order valence-electron chi connectivity index (χ1n) is 5.83. The molecule has 1 aromatic carbocycles. The average molecular weight is 235 g/mol. The van der Waals surface area contributed by atoms with E-state index in [0.717, 1.165) is 19.5 Å². The van der Waals surface area contributed by atoms with Crippen molar-refractivity contribution in [2.45, 2.75) is 26.3 Å². The Morgan fingerprint density at radius 2 is 2.12 bits per heavy atom. The minimum Gasteiger partial charge on any atom is -0.409 e. The van der Waals surface area contributed by atoms with Crippen LogP contribution in [0.2, 0.25) is 0 Å². The molecule has 0 radical (unpaired) electrons. The van der Waals surface area contributed by atoms with Gasteiger partial charge in [0.25, 0.3) is 0 Å². The van der Waals surface area contributed by atoms with Crippen molar-refractivity contribution < 1.29 is 5.21 Å². The Bertz CT molecular complexity index is 377. The van der Waals surface area contributed by atoms with Gasteiger partial charge in [-0.05, 0) is 38.1 Å². The third-order valence-corrected chi connectivity index (χ3v) is 2.80. The van der Waals surface area contributed by atoms with E-state index >= 15 is 0 Å². The van der Waals surface area contributed by atoms with Crippen molar-refractivity contribution in [1.29, 1.82) is 0 Å². The molecule has 0 saturated carbocycles. The second kappa shape index (κ2) is 6.91. The first-order chi connectivity index (χ1) is 8.13. The Hall–Kier alpha value is -1.55. The number of amidine groups is 1. The zero-order chi connectivity index (χ0) is 12.7. The molecule has 4 heteroatoms. The molecule has 1 rings (SSSR count). The molecule has 0 aromatic heterocycles. The number of nitrogens with zero attached hydrogens (tertiary/aromatic N) is 2. The predicted octanol–water partition coefficient (Wildman–Crippen LogP) is 1.95. The fourth-order valence-electron chi connectivity index (χ4n) is 1.74. The van der Waals surface area contributed by atoms with Gasteiger partial charge in [-0.2, -0.15) is 0 Å². The van der Waals surface area contributed by atoms with Gasteiger partial charge in [-0.15, -0.1) is 0 Å². The Kier molecular flexibility index (Phi) is 5.49. The number of hydrogen-bond donors (Lipinski definition) is 2. The highest BCUT2D eigenvalue weighted by atomic mass is 16.4. The van der Waals surface area contributed by atoms with E-state index in [1.807, 2.05) is 0 Å². The second-order valence-corrected chi connectivity index (χ2v) is 4.36. The van der Waals surface area contributed by atoms with Crippen LogP contribution in [0.4, 0.5) is 0 Å². The third-order valence-electron chi connectivity index (χ3n) is 2.80. The van der Waals surface area contributed by atoms with E-state index in [1.165, 1.54) is 11.1 Å². The van der Waals surface area contributed by atoms with Gasteiger partial charge in [-0.25, -0.2) is 0 Å². The van der Waals surface area contributed by atoms with Crippen LogP contribution in [-0.2, 0) is 6.54 Å². The fraction of sp³-hybridized carbons (Fsp3) is 0.462. The molecular formula is C13H21N3O. The highest BCUT2D eigenvalue weighted by Crippen LogP contribution is 2.09. The molecule has 0 amide bonds. The molecule has 0 atom stereocenters. The van der Waals surface area contributed by atoms with Crippen LogP contribution in [-0.4, -0.2) is 29.5 Å². The largest absolute Gasteiger partial charge is 0.409 e. The molecule has 94 valence electrons. The van der Waals surface area contributed by atoms with Crippen molar-refractivity contribution in [2.24, 2.45) is 10.9 Å². The van der Waals surface area contributed by atoms with Gasteiger partial charge < -0.3 is 15.8 Å². The Morgan fingerprint density at radius 1 is 1.41 bits per heavy atom. The molecule has 0 aliphatic heterocycles. The van der Waals surface area contributed by atoms with Gasteiger partial charge in [0.2, 0.25) is 0 Å². The summed E-state index contributed by atoms with van der Waals surface area (Å²) in [6, 6.07) is 8.39. The molecule has 17 heavy (non-hydrogen) atoms.